The maximum absolute atomic E-state index is 12.9. The lowest BCUT2D eigenvalue weighted by atomic mass is 10.1. The van der Waals surface area contributed by atoms with Crippen molar-refractivity contribution >= 4 is 63.4 Å². The van der Waals surface area contributed by atoms with Crippen molar-refractivity contribution in [2.75, 3.05) is 18.4 Å². The molecule has 1 N–H and O–H groups in total. The molecule has 6 nitrogen and oxygen atoms in total. The molecule has 2 amide bonds. The molecule has 2 rings (SSSR count). The summed E-state index contributed by atoms with van der Waals surface area (Å²) in [4.78, 5) is 40.3. The third-order valence-electron chi connectivity index (χ3n) is 4.55. The highest BCUT2D eigenvalue weighted by Crippen LogP contribution is 2.35. The molecule has 172 valence electrons. The maximum Gasteiger partial charge on any atom is 0.341 e. The summed E-state index contributed by atoms with van der Waals surface area (Å²) >= 11 is 13.0. The smallest absolute Gasteiger partial charge is 0.341 e. The lowest BCUT2D eigenvalue weighted by Crippen LogP contribution is -2.30. The Kier molecular flexibility index (Phi) is 9.31. The predicted octanol–water partition coefficient (Wildman–Crippen LogP) is 6.06. The van der Waals surface area contributed by atoms with E-state index in [9.17, 15) is 14.4 Å². The van der Waals surface area contributed by atoms with Gasteiger partial charge in [0.05, 0.1) is 26.6 Å². The fourth-order valence-corrected chi connectivity index (χ4v) is 4.39. The third-order valence-corrected chi connectivity index (χ3v) is 6.48. The standard InChI is InChI=1S/C23H26Cl2N2O4S/c1-6-27(7-2)22(29)20-14(5)19(23(30)31-13(3)4)21(32-20)26-18(28)11-9-15-8-10-16(24)17(25)12-15/h8-13H,6-7H2,1-5H3,(H,26,28). The molecule has 1 aromatic carbocycles. The highest BCUT2D eigenvalue weighted by atomic mass is 35.5. The van der Waals surface area contributed by atoms with Gasteiger partial charge in [-0.25, -0.2) is 4.79 Å². The second-order valence-electron chi connectivity index (χ2n) is 7.19. The molecule has 0 aliphatic rings. The van der Waals surface area contributed by atoms with Crippen LogP contribution in [0.5, 0.6) is 0 Å². The number of thiophene rings is 1. The first-order valence-electron chi connectivity index (χ1n) is 10.2. The Hall–Kier alpha value is -2.35. The second kappa shape index (κ2) is 11.5. The first kappa shape index (κ1) is 25.9. The first-order valence-corrected chi connectivity index (χ1v) is 11.7. The van der Waals surface area contributed by atoms with Crippen LogP contribution in [-0.4, -0.2) is 41.9 Å². The normalized spacial score (nSPS) is 11.1. The molecule has 0 radical (unpaired) electrons. The van der Waals surface area contributed by atoms with Gasteiger partial charge < -0.3 is 15.0 Å². The molecule has 32 heavy (non-hydrogen) atoms. The summed E-state index contributed by atoms with van der Waals surface area (Å²) in [6.07, 6.45) is 2.55. The van der Waals surface area contributed by atoms with E-state index >= 15 is 0 Å². The van der Waals surface area contributed by atoms with Gasteiger partial charge in [0.25, 0.3) is 5.91 Å². The van der Waals surface area contributed by atoms with Gasteiger partial charge in [-0.15, -0.1) is 11.3 Å². The zero-order valence-electron chi connectivity index (χ0n) is 18.6. The highest BCUT2D eigenvalue weighted by Gasteiger charge is 2.28. The zero-order valence-corrected chi connectivity index (χ0v) is 21.0. The van der Waals surface area contributed by atoms with Gasteiger partial charge in [-0.3, -0.25) is 9.59 Å². The van der Waals surface area contributed by atoms with Gasteiger partial charge in [-0.05, 0) is 64.0 Å². The Morgan fingerprint density at radius 3 is 2.38 bits per heavy atom. The maximum atomic E-state index is 12.9. The van der Waals surface area contributed by atoms with Crippen LogP contribution < -0.4 is 5.32 Å². The molecule has 0 saturated heterocycles. The Morgan fingerprint density at radius 1 is 1.16 bits per heavy atom. The van der Waals surface area contributed by atoms with E-state index in [1.54, 1.807) is 49.9 Å². The summed E-state index contributed by atoms with van der Waals surface area (Å²) in [5.74, 6) is -1.24. The predicted molar refractivity (Wildman–Crippen MR) is 131 cm³/mol. The van der Waals surface area contributed by atoms with E-state index in [-0.39, 0.29) is 22.6 Å². The minimum absolute atomic E-state index is 0.190. The Morgan fingerprint density at radius 2 is 1.81 bits per heavy atom. The van der Waals surface area contributed by atoms with E-state index in [1.807, 2.05) is 13.8 Å². The number of nitrogens with one attached hydrogen (secondary N) is 1. The molecule has 0 fully saturated rings. The van der Waals surface area contributed by atoms with Gasteiger partial charge in [0.1, 0.15) is 5.00 Å². The van der Waals surface area contributed by atoms with E-state index < -0.39 is 11.9 Å². The molecular weight excluding hydrogens is 471 g/mol. The topological polar surface area (TPSA) is 75.7 Å². The average molecular weight is 497 g/mol. The fraction of sp³-hybridized carbons (Fsp3) is 0.348. The minimum atomic E-state index is -0.587. The Bertz CT molecular complexity index is 1040. The van der Waals surface area contributed by atoms with Crippen LogP contribution in [0.2, 0.25) is 10.0 Å². The number of esters is 1. The summed E-state index contributed by atoms with van der Waals surface area (Å²) in [5, 5.41) is 3.78. The molecule has 9 heteroatoms. The van der Waals surface area contributed by atoms with Crippen LogP contribution in [0.1, 0.15) is 58.9 Å². The number of anilines is 1. The number of carbonyl (C=O) groups is 3. The van der Waals surface area contributed by atoms with Crippen LogP contribution in [0.15, 0.2) is 24.3 Å². The molecule has 0 saturated carbocycles. The number of benzene rings is 1. The molecule has 0 aliphatic heterocycles. The van der Waals surface area contributed by atoms with E-state index in [1.165, 1.54) is 6.08 Å². The van der Waals surface area contributed by atoms with Crippen molar-refractivity contribution in [2.45, 2.75) is 40.7 Å². The molecule has 0 aliphatic carbocycles. The van der Waals surface area contributed by atoms with Crippen molar-refractivity contribution < 1.29 is 19.1 Å². The fourth-order valence-electron chi connectivity index (χ4n) is 2.92. The summed E-state index contributed by atoms with van der Waals surface area (Å²) in [6.45, 7) is 9.99. The molecule has 0 bridgehead atoms. The van der Waals surface area contributed by atoms with E-state index in [0.717, 1.165) is 11.3 Å². The van der Waals surface area contributed by atoms with Crippen LogP contribution in [0.4, 0.5) is 5.00 Å². The third kappa shape index (κ3) is 6.34. The van der Waals surface area contributed by atoms with Crippen LogP contribution in [0.25, 0.3) is 6.08 Å². The van der Waals surface area contributed by atoms with Crippen LogP contribution in [-0.2, 0) is 9.53 Å². The number of amides is 2. The lowest BCUT2D eigenvalue weighted by Gasteiger charge is -2.18. The molecule has 0 spiro atoms. The number of hydrogen-bond donors (Lipinski definition) is 1. The molecule has 0 atom stereocenters. The summed E-state index contributed by atoms with van der Waals surface area (Å²) < 4.78 is 5.35. The van der Waals surface area contributed by atoms with E-state index in [0.29, 0.717) is 39.1 Å². The number of ether oxygens (including phenoxy) is 1. The number of nitrogens with zero attached hydrogens (tertiary/aromatic N) is 1. The van der Waals surface area contributed by atoms with Crippen molar-refractivity contribution in [1.82, 2.24) is 4.90 Å². The monoisotopic (exact) mass is 496 g/mol. The van der Waals surface area contributed by atoms with E-state index in [2.05, 4.69) is 5.32 Å². The van der Waals surface area contributed by atoms with Gasteiger partial charge in [0.15, 0.2) is 0 Å². The minimum Gasteiger partial charge on any atom is -0.459 e. The summed E-state index contributed by atoms with van der Waals surface area (Å²) in [6, 6.07) is 4.99. The highest BCUT2D eigenvalue weighted by molar-refractivity contribution is 7.18. The van der Waals surface area contributed by atoms with Crippen LogP contribution in [0, 0.1) is 6.92 Å². The number of halogens is 2. The van der Waals surface area contributed by atoms with Gasteiger partial charge >= 0.3 is 5.97 Å². The summed E-state index contributed by atoms with van der Waals surface area (Å²) in [5.41, 5.74) is 1.37. The SMILES string of the molecule is CCN(CC)C(=O)c1sc(NC(=O)C=Cc2ccc(Cl)c(Cl)c2)c(C(=O)OC(C)C)c1C. The van der Waals surface area contributed by atoms with Gasteiger partial charge in [0, 0.05) is 19.2 Å². The first-order chi connectivity index (χ1) is 15.1. The molecule has 1 aromatic heterocycles. The van der Waals surface area contributed by atoms with Crippen molar-refractivity contribution in [3.63, 3.8) is 0 Å². The Balaban J connectivity index is 2.37. The van der Waals surface area contributed by atoms with E-state index in [4.69, 9.17) is 27.9 Å². The zero-order chi connectivity index (χ0) is 24.0. The number of hydrogen-bond acceptors (Lipinski definition) is 5. The van der Waals surface area contributed by atoms with Crippen molar-refractivity contribution in [3.05, 3.63) is 55.9 Å². The Labute approximate surface area is 202 Å². The largest absolute Gasteiger partial charge is 0.459 e. The quantitative estimate of drug-likeness (QED) is 0.355. The van der Waals surface area contributed by atoms with Crippen molar-refractivity contribution in [3.8, 4) is 0 Å². The molecular formula is C23H26Cl2N2O4S. The van der Waals surface area contributed by atoms with Gasteiger partial charge in [0.2, 0.25) is 5.91 Å². The second-order valence-corrected chi connectivity index (χ2v) is 9.02. The van der Waals surface area contributed by atoms with Gasteiger partial charge in [-0.2, -0.15) is 0 Å². The summed E-state index contributed by atoms with van der Waals surface area (Å²) in [7, 11) is 0. The average Bonchev–Trinajstić information content (AvgIpc) is 3.05. The van der Waals surface area contributed by atoms with Crippen LogP contribution in [0.3, 0.4) is 0 Å². The van der Waals surface area contributed by atoms with Crippen molar-refractivity contribution in [2.24, 2.45) is 0 Å². The lowest BCUT2D eigenvalue weighted by molar-refractivity contribution is -0.111. The number of rotatable bonds is 8. The molecule has 0 unspecified atom stereocenters. The van der Waals surface area contributed by atoms with Crippen molar-refractivity contribution in [1.29, 1.82) is 0 Å². The molecule has 2 aromatic rings. The van der Waals surface area contributed by atoms with Gasteiger partial charge in [-0.1, -0.05) is 29.3 Å². The van der Waals surface area contributed by atoms with Crippen LogP contribution >= 0.6 is 34.5 Å². The molecule has 1 heterocycles. The number of carbonyl (C=O) groups excluding carboxylic acids is 3.